The summed E-state index contributed by atoms with van der Waals surface area (Å²) < 4.78 is 88.7. The molecule has 0 aliphatic carbocycles. The molecule has 6 aromatic carbocycles. The lowest BCUT2D eigenvalue weighted by Crippen LogP contribution is -1.95. The van der Waals surface area contributed by atoms with Gasteiger partial charge in [0.1, 0.15) is 29.1 Å². The second-order valence-electron chi connectivity index (χ2n) is 16.9. The average Bonchev–Trinajstić information content (AvgIpc) is 3.20. The van der Waals surface area contributed by atoms with E-state index >= 15 is 0 Å². The third kappa shape index (κ3) is 21.9. The molecular weight excluding hydrogens is 829 g/mol. The molecule has 0 aromatic heterocycles. The van der Waals surface area contributed by atoms with Crippen LogP contribution in [-0.2, 0) is 0 Å². The van der Waals surface area contributed by atoms with Crippen LogP contribution in [0.4, 0.5) is 30.7 Å². The van der Waals surface area contributed by atoms with Crippen molar-refractivity contribution in [1.82, 2.24) is 0 Å². The molecule has 0 radical (unpaired) electrons. The van der Waals surface area contributed by atoms with Gasteiger partial charge in [-0.3, -0.25) is 0 Å². The summed E-state index contributed by atoms with van der Waals surface area (Å²) in [5, 5.41) is 0.466. The van der Waals surface area contributed by atoms with E-state index in [1.807, 2.05) is 66.7 Å². The van der Waals surface area contributed by atoms with E-state index in [4.69, 9.17) is 11.6 Å². The van der Waals surface area contributed by atoms with Gasteiger partial charge in [-0.25, -0.2) is 30.7 Å². The van der Waals surface area contributed by atoms with E-state index in [2.05, 4.69) is 65.8 Å². The fourth-order valence-corrected chi connectivity index (χ4v) is 5.97. The second-order valence-corrected chi connectivity index (χ2v) is 17.3. The molecule has 6 aromatic rings. The van der Waals surface area contributed by atoms with E-state index in [9.17, 15) is 30.7 Å². The molecule has 0 nitrogen and oxygen atoms in total. The molecule has 8 heteroatoms. The molecule has 63 heavy (non-hydrogen) atoms. The van der Waals surface area contributed by atoms with E-state index in [0.29, 0.717) is 39.8 Å². The minimum Gasteiger partial charge on any atom is -0.207 e. The summed E-state index contributed by atoms with van der Waals surface area (Å²) in [6.45, 7) is 25.9. The first-order chi connectivity index (χ1) is 29.4. The number of halogens is 8. The SMILES string of the molecule is CC(C)c1cc(F)cc(Cl)c1.CC(C)c1cc(F)cc(F)c1.CC(C)c1cccc(F)c1.CC(C)c1cccc(F)c1F.CC(C)c1ccccc1.Cc1c(F)cccc1C(C)C. The molecule has 0 atom stereocenters. The lowest BCUT2D eigenvalue weighted by Gasteiger charge is -2.08. The van der Waals surface area contributed by atoms with E-state index in [-0.39, 0.29) is 29.3 Å². The molecule has 0 bridgehead atoms. The summed E-state index contributed by atoms with van der Waals surface area (Å²) in [6.07, 6.45) is 0. The van der Waals surface area contributed by atoms with Crippen molar-refractivity contribution in [1.29, 1.82) is 0 Å². The van der Waals surface area contributed by atoms with Crippen LogP contribution in [0.1, 0.15) is 158 Å². The lowest BCUT2D eigenvalue weighted by molar-refractivity contribution is 0.494. The number of hydrogen-bond donors (Lipinski definition) is 0. The third-order valence-corrected chi connectivity index (χ3v) is 9.84. The van der Waals surface area contributed by atoms with Gasteiger partial charge in [-0.2, -0.15) is 0 Å². The number of hydrogen-bond acceptors (Lipinski definition) is 0. The summed E-state index contributed by atoms with van der Waals surface area (Å²) in [5.74, 6) is -1.01. The van der Waals surface area contributed by atoms with Crippen molar-refractivity contribution < 1.29 is 30.7 Å². The monoisotopic (exact) mass is 894 g/mol. The Morgan fingerprint density at radius 3 is 1.11 bits per heavy atom. The lowest BCUT2D eigenvalue weighted by atomic mass is 9.98. The quantitative estimate of drug-likeness (QED) is 0.146. The standard InChI is InChI=1S/C10H13F.C9H10ClF.2C9H10F2.C9H11F.C9H12/c1-7(2)9-5-4-6-10(11)8(9)3;2*1-6(2)7-3-8(10)5-9(11)4-7;1-6(2)7-4-3-5-8(10)9(7)11;1-7(2)8-4-3-5-9(10)6-8;1-8(2)9-6-4-3-5-7-9/h4-7H,1-3H3;3*3-6H,1-2H3;3-7H,1-2H3;3-8H,1-2H3. The zero-order chi connectivity index (χ0) is 48.0. The minimum absolute atomic E-state index is 0.0331. The fraction of sp³-hybridized carbons (Fsp3) is 0.345. The molecule has 0 amide bonds. The summed E-state index contributed by atoms with van der Waals surface area (Å²) in [6, 6.07) is 34.9. The molecule has 342 valence electrons. The van der Waals surface area contributed by atoms with Crippen LogP contribution in [-0.4, -0.2) is 0 Å². The smallest absolute Gasteiger partial charge is 0.162 e. The van der Waals surface area contributed by atoms with Gasteiger partial charge in [0, 0.05) is 11.1 Å². The van der Waals surface area contributed by atoms with Crippen LogP contribution >= 0.6 is 11.6 Å². The van der Waals surface area contributed by atoms with Crippen LogP contribution < -0.4 is 0 Å². The predicted molar refractivity (Wildman–Crippen MR) is 253 cm³/mol. The molecule has 0 saturated heterocycles. The molecule has 0 spiro atoms. The topological polar surface area (TPSA) is 0 Å². The van der Waals surface area contributed by atoms with Crippen molar-refractivity contribution in [3.8, 4) is 0 Å². The maximum atomic E-state index is 12.9. The Morgan fingerprint density at radius 2 is 0.730 bits per heavy atom. The Hall–Kier alpha value is -4.88. The van der Waals surface area contributed by atoms with Crippen molar-refractivity contribution in [3.63, 3.8) is 0 Å². The highest BCUT2D eigenvalue weighted by Gasteiger charge is 2.10. The van der Waals surface area contributed by atoms with Gasteiger partial charge in [0.05, 0.1) is 0 Å². The summed E-state index contributed by atoms with van der Waals surface area (Å²) in [4.78, 5) is 0. The zero-order valence-corrected chi connectivity index (χ0v) is 39.9. The summed E-state index contributed by atoms with van der Waals surface area (Å²) in [5.41, 5.74) is 6.42. The molecule has 6 rings (SSSR count). The van der Waals surface area contributed by atoms with Crippen molar-refractivity contribution in [2.24, 2.45) is 0 Å². The maximum absolute atomic E-state index is 12.9. The van der Waals surface area contributed by atoms with Crippen molar-refractivity contribution >= 4 is 11.6 Å². The first-order valence-electron chi connectivity index (χ1n) is 21.4. The first-order valence-corrected chi connectivity index (χ1v) is 21.7. The molecular formula is C55H66ClF7. The largest absolute Gasteiger partial charge is 0.207 e. The Bertz CT molecular complexity index is 2060. The van der Waals surface area contributed by atoms with Crippen LogP contribution in [0.5, 0.6) is 0 Å². The molecule has 0 aliphatic rings. The third-order valence-electron chi connectivity index (χ3n) is 9.62. The maximum Gasteiger partial charge on any atom is 0.162 e. The van der Waals surface area contributed by atoms with Gasteiger partial charge in [-0.15, -0.1) is 0 Å². The van der Waals surface area contributed by atoms with Crippen LogP contribution in [0.15, 0.2) is 127 Å². The Labute approximate surface area is 378 Å². The fourth-order valence-electron chi connectivity index (χ4n) is 5.74. The van der Waals surface area contributed by atoms with Gasteiger partial charge < -0.3 is 0 Å². The van der Waals surface area contributed by atoms with Gasteiger partial charge in [0.2, 0.25) is 0 Å². The van der Waals surface area contributed by atoms with Crippen molar-refractivity contribution in [2.75, 3.05) is 0 Å². The van der Waals surface area contributed by atoms with E-state index in [0.717, 1.165) is 34.4 Å². The van der Waals surface area contributed by atoms with Gasteiger partial charge in [-0.05, 0) is 136 Å². The molecule has 0 aliphatic heterocycles. The molecule has 0 N–H and O–H groups in total. The number of rotatable bonds is 6. The highest BCUT2D eigenvalue weighted by atomic mass is 35.5. The average molecular weight is 896 g/mol. The van der Waals surface area contributed by atoms with E-state index in [1.54, 1.807) is 30.3 Å². The minimum atomic E-state index is -0.767. The summed E-state index contributed by atoms with van der Waals surface area (Å²) in [7, 11) is 0. The Balaban J connectivity index is 0.000000378. The normalized spacial score (nSPS) is 10.5. The molecule has 0 fully saturated rings. The predicted octanol–water partition coefficient (Wildman–Crippen LogP) is 18.8. The molecule has 0 heterocycles. The zero-order valence-electron chi connectivity index (χ0n) is 39.1. The van der Waals surface area contributed by atoms with Crippen LogP contribution in [0.2, 0.25) is 5.02 Å². The summed E-state index contributed by atoms with van der Waals surface area (Å²) >= 11 is 5.65. The Kier molecular flexibility index (Phi) is 25.6. The highest BCUT2D eigenvalue weighted by Crippen LogP contribution is 2.23. The van der Waals surface area contributed by atoms with Gasteiger partial charge in [0.15, 0.2) is 11.6 Å². The van der Waals surface area contributed by atoms with E-state index < -0.39 is 23.3 Å². The van der Waals surface area contributed by atoms with Gasteiger partial charge in [0.25, 0.3) is 0 Å². The molecule has 0 unspecified atom stereocenters. The first kappa shape index (κ1) is 56.1. The van der Waals surface area contributed by atoms with Crippen LogP contribution in [0.3, 0.4) is 0 Å². The molecule has 0 saturated carbocycles. The van der Waals surface area contributed by atoms with Gasteiger partial charge >= 0.3 is 0 Å². The number of benzene rings is 6. The van der Waals surface area contributed by atoms with Crippen molar-refractivity contribution in [2.45, 2.75) is 126 Å². The second kappa shape index (κ2) is 28.7. The van der Waals surface area contributed by atoms with Gasteiger partial charge in [-0.1, -0.05) is 161 Å². The Morgan fingerprint density at radius 1 is 0.333 bits per heavy atom. The van der Waals surface area contributed by atoms with Crippen molar-refractivity contribution in [3.05, 3.63) is 212 Å². The van der Waals surface area contributed by atoms with Crippen LogP contribution in [0.25, 0.3) is 0 Å². The van der Waals surface area contributed by atoms with Crippen LogP contribution in [0, 0.1) is 47.6 Å². The highest BCUT2D eigenvalue weighted by molar-refractivity contribution is 6.30. The van der Waals surface area contributed by atoms with E-state index in [1.165, 1.54) is 48.0 Å².